The van der Waals surface area contributed by atoms with Gasteiger partial charge in [-0.15, -0.1) is 0 Å². The lowest BCUT2D eigenvalue weighted by Crippen LogP contribution is -2.25. The number of anilines is 2. The molecule has 3 aromatic rings. The maximum absolute atomic E-state index is 8.83. The summed E-state index contributed by atoms with van der Waals surface area (Å²) in [5.74, 6) is 2.40. The van der Waals surface area contributed by atoms with E-state index >= 15 is 0 Å². The number of nitrogens with zero attached hydrogens (tertiary/aromatic N) is 4. The molecule has 9 nitrogen and oxygen atoms in total. The van der Waals surface area contributed by atoms with E-state index < -0.39 is 0 Å². The minimum absolute atomic E-state index is 0.103. The molecular weight excluding hydrogens is 384 g/mol. The molecule has 2 aromatic heterocycles. The lowest BCUT2D eigenvalue weighted by Gasteiger charge is -2.23. The molecule has 9 heteroatoms. The largest absolute Gasteiger partial charge is 0.496 e. The van der Waals surface area contributed by atoms with Gasteiger partial charge >= 0.3 is 0 Å². The van der Waals surface area contributed by atoms with Gasteiger partial charge in [0.15, 0.2) is 11.5 Å². The number of aromatic nitrogens is 4. The van der Waals surface area contributed by atoms with Gasteiger partial charge in [-0.25, -0.2) is 9.97 Å². The number of H-pyrrole nitrogens is 1. The molecule has 154 valence electrons. The van der Waals surface area contributed by atoms with Crippen molar-refractivity contribution in [2.45, 2.75) is 25.4 Å². The van der Waals surface area contributed by atoms with Crippen LogP contribution in [0.1, 0.15) is 25.0 Å². The highest BCUT2D eigenvalue weighted by Crippen LogP contribution is 2.38. The van der Waals surface area contributed by atoms with Crippen molar-refractivity contribution in [1.29, 1.82) is 5.26 Å². The smallest absolute Gasteiger partial charge is 0.158 e. The van der Waals surface area contributed by atoms with E-state index in [9.17, 15) is 0 Å². The quantitative estimate of drug-likeness (QED) is 0.613. The number of methoxy groups -OCH3 is 1. The summed E-state index contributed by atoms with van der Waals surface area (Å²) in [6.45, 7) is 1.27. The maximum Gasteiger partial charge on any atom is 0.158 e. The minimum atomic E-state index is 0.103. The number of aromatic amines is 1. The molecule has 0 bridgehead atoms. The number of hydrogen-bond acceptors (Lipinski definition) is 8. The predicted molar refractivity (Wildman–Crippen MR) is 110 cm³/mol. The van der Waals surface area contributed by atoms with Gasteiger partial charge in [0.25, 0.3) is 0 Å². The molecule has 0 amide bonds. The second kappa shape index (κ2) is 9.24. The van der Waals surface area contributed by atoms with E-state index in [1.54, 1.807) is 7.11 Å². The van der Waals surface area contributed by atoms with E-state index in [4.69, 9.17) is 19.5 Å². The highest BCUT2D eigenvalue weighted by Gasteiger charge is 2.19. The fourth-order valence-electron chi connectivity index (χ4n) is 3.28. The molecule has 1 saturated heterocycles. The summed E-state index contributed by atoms with van der Waals surface area (Å²) in [4.78, 5) is 8.14. The van der Waals surface area contributed by atoms with Crippen LogP contribution >= 0.6 is 0 Å². The van der Waals surface area contributed by atoms with Crippen LogP contribution in [0.5, 0.6) is 11.5 Å². The second-order valence-corrected chi connectivity index (χ2v) is 6.82. The Hall–Kier alpha value is -3.64. The number of benzene rings is 1. The molecule has 1 aromatic carbocycles. The molecule has 0 spiro atoms. The Balaban J connectivity index is 1.54. The number of rotatable bonds is 7. The molecule has 4 rings (SSSR count). The Morgan fingerprint density at radius 3 is 2.87 bits per heavy atom. The van der Waals surface area contributed by atoms with Crippen molar-refractivity contribution < 1.29 is 14.2 Å². The van der Waals surface area contributed by atoms with E-state index in [1.165, 1.54) is 12.4 Å². The van der Waals surface area contributed by atoms with Crippen molar-refractivity contribution in [3.05, 3.63) is 42.4 Å². The van der Waals surface area contributed by atoms with Crippen molar-refractivity contribution in [1.82, 2.24) is 20.2 Å². The van der Waals surface area contributed by atoms with Crippen LogP contribution in [-0.2, 0) is 4.74 Å². The first-order valence-corrected chi connectivity index (χ1v) is 9.73. The van der Waals surface area contributed by atoms with Crippen LogP contribution in [0.3, 0.4) is 0 Å². The van der Waals surface area contributed by atoms with Crippen LogP contribution in [-0.4, -0.2) is 46.6 Å². The number of ether oxygens (including phenoxy) is 3. The summed E-state index contributed by atoms with van der Waals surface area (Å²) in [7, 11) is 1.62. The third kappa shape index (κ3) is 4.50. The first-order chi connectivity index (χ1) is 14.8. The summed E-state index contributed by atoms with van der Waals surface area (Å²) >= 11 is 0. The molecule has 1 unspecified atom stereocenters. The van der Waals surface area contributed by atoms with Crippen LogP contribution in [0.4, 0.5) is 11.6 Å². The Morgan fingerprint density at radius 1 is 1.23 bits per heavy atom. The zero-order valence-corrected chi connectivity index (χ0v) is 16.6. The molecule has 1 aliphatic heterocycles. The summed E-state index contributed by atoms with van der Waals surface area (Å²) in [5, 5.41) is 19.2. The summed E-state index contributed by atoms with van der Waals surface area (Å²) in [5.41, 5.74) is 1.76. The van der Waals surface area contributed by atoms with Gasteiger partial charge in [0.1, 0.15) is 30.0 Å². The lowest BCUT2D eigenvalue weighted by molar-refractivity contribution is -0.0109. The van der Waals surface area contributed by atoms with Crippen LogP contribution in [0.25, 0.3) is 11.3 Å². The fourth-order valence-corrected chi connectivity index (χ4v) is 3.28. The molecule has 3 heterocycles. The van der Waals surface area contributed by atoms with E-state index in [2.05, 4.69) is 25.5 Å². The third-order valence-corrected chi connectivity index (χ3v) is 4.78. The van der Waals surface area contributed by atoms with Gasteiger partial charge in [-0.3, -0.25) is 5.10 Å². The monoisotopic (exact) mass is 406 g/mol. The topological polar surface area (TPSA) is 118 Å². The first-order valence-electron chi connectivity index (χ1n) is 9.73. The van der Waals surface area contributed by atoms with Crippen molar-refractivity contribution in [2.75, 3.05) is 25.6 Å². The molecule has 0 radical (unpaired) electrons. The van der Waals surface area contributed by atoms with E-state index in [0.29, 0.717) is 29.7 Å². The summed E-state index contributed by atoms with van der Waals surface area (Å²) in [6, 6.07) is 9.44. The van der Waals surface area contributed by atoms with Crippen molar-refractivity contribution in [2.24, 2.45) is 0 Å². The maximum atomic E-state index is 8.83. The van der Waals surface area contributed by atoms with E-state index in [-0.39, 0.29) is 11.8 Å². The average molecular weight is 406 g/mol. The molecule has 2 N–H and O–H groups in total. The van der Waals surface area contributed by atoms with Gasteiger partial charge in [-0.05, 0) is 31.4 Å². The van der Waals surface area contributed by atoms with Gasteiger partial charge in [0.05, 0.1) is 36.9 Å². The van der Waals surface area contributed by atoms with Gasteiger partial charge in [0, 0.05) is 12.7 Å². The van der Waals surface area contributed by atoms with Gasteiger partial charge in [-0.1, -0.05) is 6.07 Å². The van der Waals surface area contributed by atoms with Gasteiger partial charge in [-0.2, -0.15) is 10.4 Å². The minimum Gasteiger partial charge on any atom is -0.496 e. The Kier molecular flexibility index (Phi) is 6.06. The van der Waals surface area contributed by atoms with Crippen molar-refractivity contribution >= 4 is 11.6 Å². The van der Waals surface area contributed by atoms with Crippen molar-refractivity contribution in [3.63, 3.8) is 0 Å². The Morgan fingerprint density at radius 2 is 2.13 bits per heavy atom. The van der Waals surface area contributed by atoms with Crippen LogP contribution in [0.15, 0.2) is 36.7 Å². The highest BCUT2D eigenvalue weighted by molar-refractivity contribution is 5.76. The van der Waals surface area contributed by atoms with E-state index in [1.807, 2.05) is 30.3 Å². The SMILES string of the molecule is COc1cccc(OCC2CCCCO2)c1-c1cc(Nc2cnc(C#N)cn2)n[nH]1. The van der Waals surface area contributed by atoms with Gasteiger partial charge in [0.2, 0.25) is 0 Å². The summed E-state index contributed by atoms with van der Waals surface area (Å²) < 4.78 is 17.4. The molecule has 0 saturated carbocycles. The predicted octanol–water partition coefficient (Wildman–Crippen LogP) is 3.44. The van der Waals surface area contributed by atoms with Crippen molar-refractivity contribution in [3.8, 4) is 28.8 Å². The van der Waals surface area contributed by atoms with Crippen LogP contribution in [0, 0.1) is 11.3 Å². The number of nitrogens with one attached hydrogen (secondary N) is 2. The number of nitriles is 1. The molecule has 0 aliphatic carbocycles. The number of hydrogen-bond donors (Lipinski definition) is 2. The average Bonchev–Trinajstić information content (AvgIpc) is 3.26. The molecule has 30 heavy (non-hydrogen) atoms. The van der Waals surface area contributed by atoms with Crippen LogP contribution < -0.4 is 14.8 Å². The lowest BCUT2D eigenvalue weighted by atomic mass is 10.1. The Labute approximate surface area is 174 Å². The zero-order valence-electron chi connectivity index (χ0n) is 16.6. The summed E-state index contributed by atoms with van der Waals surface area (Å²) in [6.07, 6.45) is 6.25. The second-order valence-electron chi connectivity index (χ2n) is 6.82. The first kappa shape index (κ1) is 19.7. The zero-order chi connectivity index (χ0) is 20.8. The van der Waals surface area contributed by atoms with Crippen LogP contribution in [0.2, 0.25) is 0 Å². The molecule has 1 atom stereocenters. The highest BCUT2D eigenvalue weighted by atomic mass is 16.5. The Bertz CT molecular complexity index is 1020. The normalized spacial score (nSPS) is 15.9. The molecule has 1 fully saturated rings. The van der Waals surface area contributed by atoms with E-state index in [0.717, 1.165) is 37.1 Å². The third-order valence-electron chi connectivity index (χ3n) is 4.78. The standard InChI is InChI=1S/C21H22N6O3/c1-28-17-6-4-7-18(30-13-15-5-2-3-8-29-15)21(17)16-9-19(27-26-16)25-20-12-23-14(10-22)11-24-20/h4,6-7,9,11-12,15H,2-3,5,8,13H2,1H3,(H2,24,25,26,27). The van der Waals surface area contributed by atoms with Gasteiger partial charge < -0.3 is 19.5 Å². The fraction of sp³-hybridized carbons (Fsp3) is 0.333. The molecule has 1 aliphatic rings. The molecular formula is C21H22N6O3.